The summed E-state index contributed by atoms with van der Waals surface area (Å²) in [6.45, 7) is 2.59. The minimum Gasteiger partial charge on any atom is -0.334 e. The van der Waals surface area contributed by atoms with Gasteiger partial charge in [-0.05, 0) is 17.9 Å². The molecule has 0 radical (unpaired) electrons. The number of anilines is 1. The van der Waals surface area contributed by atoms with E-state index in [9.17, 15) is 4.79 Å². The highest BCUT2D eigenvalue weighted by Crippen LogP contribution is 2.22. The Morgan fingerprint density at radius 1 is 1.19 bits per heavy atom. The molecule has 2 rings (SSSR count). The van der Waals surface area contributed by atoms with Crippen molar-refractivity contribution in [3.8, 4) is 0 Å². The summed E-state index contributed by atoms with van der Waals surface area (Å²) in [5, 5.41) is 8.00. The van der Waals surface area contributed by atoms with E-state index in [1.165, 1.54) is 0 Å². The highest BCUT2D eigenvalue weighted by molar-refractivity contribution is 6.01. The van der Waals surface area contributed by atoms with Crippen LogP contribution in [0.4, 0.5) is 10.5 Å². The third kappa shape index (κ3) is 4.20. The first kappa shape index (κ1) is 15.3. The van der Waals surface area contributed by atoms with Crippen LogP contribution >= 0.6 is 0 Å². The largest absolute Gasteiger partial charge is 0.334 e. The fourth-order valence-electron chi connectivity index (χ4n) is 2.38. The summed E-state index contributed by atoms with van der Waals surface area (Å²) < 4.78 is 0. The minimum atomic E-state index is -0.196. The van der Waals surface area contributed by atoms with E-state index in [0.717, 1.165) is 35.7 Å². The van der Waals surface area contributed by atoms with Crippen molar-refractivity contribution in [2.75, 3.05) is 11.9 Å². The van der Waals surface area contributed by atoms with E-state index in [4.69, 9.17) is 5.73 Å². The lowest BCUT2D eigenvalue weighted by atomic mass is 10.1. The van der Waals surface area contributed by atoms with Crippen LogP contribution in [0.15, 0.2) is 42.5 Å². The second-order valence-electron chi connectivity index (χ2n) is 5.20. The normalized spacial score (nSPS) is 12.1. The molecule has 4 heteroatoms. The van der Waals surface area contributed by atoms with Crippen molar-refractivity contribution >= 4 is 22.5 Å². The van der Waals surface area contributed by atoms with Gasteiger partial charge in [-0.25, -0.2) is 4.79 Å². The van der Waals surface area contributed by atoms with Crippen LogP contribution in [-0.2, 0) is 0 Å². The molecule has 2 aromatic carbocycles. The Labute approximate surface area is 125 Å². The molecule has 0 aromatic heterocycles. The molecule has 112 valence electrons. The van der Waals surface area contributed by atoms with Gasteiger partial charge in [0.25, 0.3) is 0 Å². The fourth-order valence-corrected chi connectivity index (χ4v) is 2.38. The monoisotopic (exact) mass is 285 g/mol. The number of amides is 2. The molecule has 0 heterocycles. The predicted molar refractivity (Wildman–Crippen MR) is 88.5 cm³/mol. The molecule has 2 amide bonds. The number of nitrogens with one attached hydrogen (secondary N) is 2. The van der Waals surface area contributed by atoms with Gasteiger partial charge in [-0.3, -0.25) is 0 Å². The molecule has 21 heavy (non-hydrogen) atoms. The average molecular weight is 285 g/mol. The van der Waals surface area contributed by atoms with E-state index in [1.54, 1.807) is 0 Å². The molecule has 0 saturated carbocycles. The summed E-state index contributed by atoms with van der Waals surface area (Å²) in [4.78, 5) is 12.1. The van der Waals surface area contributed by atoms with E-state index in [-0.39, 0.29) is 12.1 Å². The maximum absolute atomic E-state index is 12.1. The molecule has 2 aromatic rings. The quantitative estimate of drug-likeness (QED) is 0.760. The third-order valence-corrected chi connectivity index (χ3v) is 3.56. The van der Waals surface area contributed by atoms with Crippen molar-refractivity contribution < 1.29 is 4.79 Å². The van der Waals surface area contributed by atoms with Crippen LogP contribution in [0.1, 0.15) is 26.2 Å². The summed E-state index contributed by atoms with van der Waals surface area (Å²) in [6, 6.07) is 13.7. The number of benzene rings is 2. The zero-order chi connectivity index (χ0) is 15.1. The Bertz CT molecular complexity index is 592. The van der Waals surface area contributed by atoms with Crippen LogP contribution in [0.25, 0.3) is 10.8 Å². The number of hydrogen-bond donors (Lipinski definition) is 3. The van der Waals surface area contributed by atoms with Gasteiger partial charge < -0.3 is 16.4 Å². The Morgan fingerprint density at radius 3 is 2.71 bits per heavy atom. The number of urea groups is 1. The molecule has 1 atom stereocenters. The molecule has 1 unspecified atom stereocenters. The van der Waals surface area contributed by atoms with Gasteiger partial charge in [-0.1, -0.05) is 56.2 Å². The number of rotatable bonds is 6. The lowest BCUT2D eigenvalue weighted by molar-refractivity contribution is 0.248. The second kappa shape index (κ2) is 7.64. The van der Waals surface area contributed by atoms with E-state index >= 15 is 0 Å². The van der Waals surface area contributed by atoms with Crippen molar-refractivity contribution in [3.63, 3.8) is 0 Å². The van der Waals surface area contributed by atoms with E-state index in [1.807, 2.05) is 42.5 Å². The highest BCUT2D eigenvalue weighted by Gasteiger charge is 2.11. The van der Waals surface area contributed by atoms with Gasteiger partial charge in [0.2, 0.25) is 0 Å². The molecule has 0 fully saturated rings. The highest BCUT2D eigenvalue weighted by atomic mass is 16.2. The zero-order valence-electron chi connectivity index (χ0n) is 12.4. The summed E-state index contributed by atoms with van der Waals surface area (Å²) >= 11 is 0. The summed E-state index contributed by atoms with van der Waals surface area (Å²) in [6.07, 6.45) is 3.08. The molecule has 0 aliphatic heterocycles. The van der Waals surface area contributed by atoms with Crippen LogP contribution in [0, 0.1) is 0 Å². The number of nitrogens with two attached hydrogens (primary N) is 1. The first-order valence-corrected chi connectivity index (χ1v) is 7.50. The molecule has 4 N–H and O–H groups in total. The van der Waals surface area contributed by atoms with Gasteiger partial charge in [0.05, 0.1) is 5.69 Å². The zero-order valence-corrected chi connectivity index (χ0v) is 12.4. The van der Waals surface area contributed by atoms with Crippen molar-refractivity contribution in [3.05, 3.63) is 42.5 Å². The average Bonchev–Trinajstić information content (AvgIpc) is 2.51. The SMILES string of the molecule is CCCCC(CN)NC(=O)Nc1cccc2ccccc12. The van der Waals surface area contributed by atoms with Gasteiger partial charge in [-0.15, -0.1) is 0 Å². The van der Waals surface area contributed by atoms with Gasteiger partial charge in [0, 0.05) is 18.0 Å². The van der Waals surface area contributed by atoms with Crippen LogP contribution in [0.5, 0.6) is 0 Å². The van der Waals surface area contributed by atoms with E-state index < -0.39 is 0 Å². The Kier molecular flexibility index (Phi) is 5.58. The van der Waals surface area contributed by atoms with Crippen molar-refractivity contribution in [2.24, 2.45) is 5.73 Å². The summed E-state index contributed by atoms with van der Waals surface area (Å²) in [7, 11) is 0. The predicted octanol–water partition coefficient (Wildman–Crippen LogP) is 3.48. The molecular weight excluding hydrogens is 262 g/mol. The fraction of sp³-hybridized carbons (Fsp3) is 0.353. The van der Waals surface area contributed by atoms with Gasteiger partial charge in [0.15, 0.2) is 0 Å². The van der Waals surface area contributed by atoms with E-state index in [0.29, 0.717) is 6.54 Å². The van der Waals surface area contributed by atoms with Crippen LogP contribution in [0.2, 0.25) is 0 Å². The minimum absolute atomic E-state index is 0.0277. The van der Waals surface area contributed by atoms with Crippen molar-refractivity contribution in [2.45, 2.75) is 32.2 Å². The van der Waals surface area contributed by atoms with Crippen molar-refractivity contribution in [1.29, 1.82) is 0 Å². The van der Waals surface area contributed by atoms with Crippen LogP contribution in [0.3, 0.4) is 0 Å². The second-order valence-corrected chi connectivity index (χ2v) is 5.20. The Hall–Kier alpha value is -2.07. The number of carbonyl (C=O) groups is 1. The summed E-state index contributed by atoms with van der Waals surface area (Å²) in [5.74, 6) is 0. The van der Waals surface area contributed by atoms with E-state index in [2.05, 4.69) is 17.6 Å². The Balaban J connectivity index is 2.04. The van der Waals surface area contributed by atoms with Gasteiger partial charge in [-0.2, -0.15) is 0 Å². The first-order chi connectivity index (χ1) is 10.2. The molecule has 0 aliphatic carbocycles. The summed E-state index contributed by atoms with van der Waals surface area (Å²) in [5.41, 5.74) is 6.52. The number of fused-ring (bicyclic) bond motifs is 1. The smallest absolute Gasteiger partial charge is 0.319 e. The molecular formula is C17H23N3O. The number of hydrogen-bond acceptors (Lipinski definition) is 2. The topological polar surface area (TPSA) is 67.1 Å². The third-order valence-electron chi connectivity index (χ3n) is 3.56. The lowest BCUT2D eigenvalue weighted by Crippen LogP contribution is -2.42. The number of carbonyl (C=O) groups excluding carboxylic acids is 1. The molecule has 0 bridgehead atoms. The first-order valence-electron chi connectivity index (χ1n) is 7.50. The lowest BCUT2D eigenvalue weighted by Gasteiger charge is -2.17. The maximum Gasteiger partial charge on any atom is 0.319 e. The molecule has 0 spiro atoms. The Morgan fingerprint density at radius 2 is 1.95 bits per heavy atom. The van der Waals surface area contributed by atoms with Crippen LogP contribution < -0.4 is 16.4 Å². The van der Waals surface area contributed by atoms with Gasteiger partial charge in [0.1, 0.15) is 0 Å². The molecule has 0 saturated heterocycles. The molecule has 4 nitrogen and oxygen atoms in total. The number of unbranched alkanes of at least 4 members (excludes halogenated alkanes) is 1. The standard InChI is InChI=1S/C17H23N3O/c1-2-3-9-14(12-18)19-17(21)20-16-11-6-8-13-7-4-5-10-15(13)16/h4-8,10-11,14H,2-3,9,12,18H2,1H3,(H2,19,20,21). The van der Waals surface area contributed by atoms with Gasteiger partial charge >= 0.3 is 6.03 Å². The molecule has 0 aliphatic rings. The van der Waals surface area contributed by atoms with Crippen LogP contribution in [-0.4, -0.2) is 18.6 Å². The van der Waals surface area contributed by atoms with Crippen molar-refractivity contribution in [1.82, 2.24) is 5.32 Å². The maximum atomic E-state index is 12.1.